The van der Waals surface area contributed by atoms with Crippen LogP contribution in [0.4, 0.5) is 0 Å². The van der Waals surface area contributed by atoms with Crippen molar-refractivity contribution in [3.05, 3.63) is 29.0 Å². The minimum Gasteiger partial charge on any atom is -0.496 e. The summed E-state index contributed by atoms with van der Waals surface area (Å²) in [6.07, 6.45) is 1.84. The van der Waals surface area contributed by atoms with Crippen LogP contribution in [0.5, 0.6) is 5.75 Å². The summed E-state index contributed by atoms with van der Waals surface area (Å²) in [5.41, 5.74) is 1.49. The van der Waals surface area contributed by atoms with Crippen LogP contribution in [0, 0.1) is 0 Å². The van der Waals surface area contributed by atoms with E-state index in [4.69, 9.17) is 18.5 Å². The Labute approximate surface area is 148 Å². The van der Waals surface area contributed by atoms with E-state index in [0.717, 1.165) is 11.0 Å². The van der Waals surface area contributed by atoms with E-state index in [1.54, 1.807) is 7.11 Å². The monoisotopic (exact) mass is 341 g/mol. The molecule has 0 bridgehead atoms. The molecule has 0 N–H and O–H groups in total. The van der Waals surface area contributed by atoms with Crippen molar-refractivity contribution in [2.45, 2.75) is 45.8 Å². The van der Waals surface area contributed by atoms with Gasteiger partial charge in [0.15, 0.2) is 0 Å². The average molecular weight is 341 g/mol. The van der Waals surface area contributed by atoms with E-state index >= 15 is 0 Å². The largest absolute Gasteiger partial charge is 0.496 e. The molecule has 3 rings (SSSR count). The van der Waals surface area contributed by atoms with Gasteiger partial charge in [0, 0.05) is 0 Å². The van der Waals surface area contributed by atoms with E-state index in [1.807, 2.05) is 58.9 Å². The number of nitrogens with zero attached hydrogens (tertiary/aromatic N) is 1. The number of hydrogen-bond acceptors (Lipinski definition) is 5. The minimum absolute atomic E-state index is 0.397. The highest BCUT2D eigenvalue weighted by atomic mass is 16.7. The van der Waals surface area contributed by atoms with Crippen molar-refractivity contribution in [3.63, 3.8) is 0 Å². The van der Waals surface area contributed by atoms with Crippen LogP contribution in [0.25, 0.3) is 24.1 Å². The Morgan fingerprint density at radius 3 is 2.32 bits per heavy atom. The topological polar surface area (TPSA) is 53.7 Å². The molecule has 6 heteroatoms. The second-order valence-electron chi connectivity index (χ2n) is 7.17. The number of oxazole rings is 1. The highest BCUT2D eigenvalue weighted by Crippen LogP contribution is 2.37. The van der Waals surface area contributed by atoms with Crippen LogP contribution >= 0.6 is 0 Å². The van der Waals surface area contributed by atoms with E-state index in [9.17, 15) is 0 Å². The standard InChI is InChI=1S/C19H24BNO4/c1-8-15-12(2)21-17(23-15)14-11-13(9-10-16(14)22-7)20-24-18(3,4)19(5,6)25-20/h8-11H,2H2,1,3-7H3. The first kappa shape index (κ1) is 17.8. The molecule has 5 nitrogen and oxygen atoms in total. The first-order valence-corrected chi connectivity index (χ1v) is 8.34. The lowest BCUT2D eigenvalue weighted by molar-refractivity contribution is 0.00578. The van der Waals surface area contributed by atoms with Crippen LogP contribution in [0.2, 0.25) is 0 Å². The first-order valence-electron chi connectivity index (χ1n) is 8.34. The van der Waals surface area contributed by atoms with Gasteiger partial charge < -0.3 is 18.5 Å². The fourth-order valence-corrected chi connectivity index (χ4v) is 2.72. The van der Waals surface area contributed by atoms with Crippen molar-refractivity contribution >= 4 is 25.2 Å². The third-order valence-electron chi connectivity index (χ3n) is 4.97. The predicted molar refractivity (Wildman–Crippen MR) is 99.1 cm³/mol. The summed E-state index contributed by atoms with van der Waals surface area (Å²) >= 11 is 0. The van der Waals surface area contributed by atoms with Gasteiger partial charge in [-0.05, 0) is 58.3 Å². The number of hydrogen-bond donors (Lipinski definition) is 0. The highest BCUT2D eigenvalue weighted by Gasteiger charge is 2.51. The minimum atomic E-state index is -0.457. The van der Waals surface area contributed by atoms with Crippen LogP contribution in [0.15, 0.2) is 22.6 Å². The van der Waals surface area contributed by atoms with Gasteiger partial charge in [0.25, 0.3) is 0 Å². The van der Waals surface area contributed by atoms with Gasteiger partial charge in [0.1, 0.15) is 16.5 Å². The molecule has 1 saturated heterocycles. The smallest absolute Gasteiger partial charge is 0.494 e. The van der Waals surface area contributed by atoms with Crippen LogP contribution in [-0.2, 0) is 9.31 Å². The third kappa shape index (κ3) is 3.00. The lowest BCUT2D eigenvalue weighted by Gasteiger charge is -2.32. The Morgan fingerprint density at radius 2 is 1.80 bits per heavy atom. The SMILES string of the molecule is C=c1nc(-c2cc(B3OC(C)(C)C(C)(C)O3)ccc2OC)oc1=CC. The van der Waals surface area contributed by atoms with Crippen molar-refractivity contribution in [3.8, 4) is 17.2 Å². The second kappa shape index (κ2) is 6.04. The summed E-state index contributed by atoms with van der Waals surface area (Å²) in [5, 5.41) is 0.598. The molecule has 1 aliphatic rings. The molecular formula is C19H24BNO4. The van der Waals surface area contributed by atoms with Gasteiger partial charge in [0.2, 0.25) is 5.89 Å². The van der Waals surface area contributed by atoms with Gasteiger partial charge >= 0.3 is 7.12 Å². The fraction of sp³-hybridized carbons (Fsp3) is 0.421. The van der Waals surface area contributed by atoms with Gasteiger partial charge in [-0.3, -0.25) is 0 Å². The number of rotatable bonds is 3. The number of ether oxygens (including phenoxy) is 1. The van der Waals surface area contributed by atoms with E-state index < -0.39 is 18.3 Å². The molecule has 0 unspecified atom stereocenters. The summed E-state index contributed by atoms with van der Waals surface area (Å²) in [7, 11) is 1.16. The lowest BCUT2D eigenvalue weighted by Crippen LogP contribution is -2.41. The summed E-state index contributed by atoms with van der Waals surface area (Å²) in [5.74, 6) is 1.14. The molecule has 0 saturated carbocycles. The average Bonchev–Trinajstić information content (AvgIpc) is 3.03. The maximum atomic E-state index is 6.13. The Balaban J connectivity index is 2.06. The fourth-order valence-electron chi connectivity index (χ4n) is 2.72. The molecular weight excluding hydrogens is 317 g/mol. The normalized spacial score (nSPS) is 19.4. The maximum Gasteiger partial charge on any atom is 0.494 e. The first-order chi connectivity index (χ1) is 11.7. The summed E-state index contributed by atoms with van der Waals surface area (Å²) < 4.78 is 23.5. The van der Waals surface area contributed by atoms with Crippen LogP contribution < -0.4 is 21.0 Å². The molecule has 1 aliphatic heterocycles. The molecule has 1 aromatic heterocycles. The Hall–Kier alpha value is -2.05. The van der Waals surface area contributed by atoms with E-state index in [2.05, 4.69) is 11.6 Å². The molecule has 0 amide bonds. The number of benzene rings is 1. The van der Waals surface area contributed by atoms with Gasteiger partial charge in [-0.2, -0.15) is 0 Å². The van der Waals surface area contributed by atoms with Gasteiger partial charge in [0.05, 0.1) is 23.9 Å². The zero-order chi connectivity index (χ0) is 18.4. The van der Waals surface area contributed by atoms with Crippen LogP contribution in [0.1, 0.15) is 34.6 Å². The van der Waals surface area contributed by atoms with Crippen molar-refractivity contribution < 1.29 is 18.5 Å². The molecule has 0 atom stereocenters. The molecule has 2 aromatic rings. The van der Waals surface area contributed by atoms with E-state index in [-0.39, 0.29) is 0 Å². The quantitative estimate of drug-likeness (QED) is 0.798. The second-order valence-corrected chi connectivity index (χ2v) is 7.17. The molecule has 25 heavy (non-hydrogen) atoms. The Morgan fingerprint density at radius 1 is 1.16 bits per heavy atom. The van der Waals surface area contributed by atoms with Crippen molar-refractivity contribution in [1.29, 1.82) is 0 Å². The Kier molecular flexibility index (Phi) is 4.29. The molecule has 132 valence electrons. The van der Waals surface area contributed by atoms with E-state index in [1.165, 1.54) is 0 Å². The van der Waals surface area contributed by atoms with Crippen molar-refractivity contribution in [2.24, 2.45) is 0 Å². The highest BCUT2D eigenvalue weighted by molar-refractivity contribution is 6.62. The molecule has 1 fully saturated rings. The third-order valence-corrected chi connectivity index (χ3v) is 4.97. The van der Waals surface area contributed by atoms with E-state index in [0.29, 0.717) is 22.4 Å². The van der Waals surface area contributed by atoms with Gasteiger partial charge in [-0.15, -0.1) is 0 Å². The van der Waals surface area contributed by atoms with Gasteiger partial charge in [-0.25, -0.2) is 4.98 Å². The number of aromatic nitrogens is 1. The summed E-state index contributed by atoms with van der Waals surface area (Å²) in [6.45, 7) is 13.9. The van der Waals surface area contributed by atoms with Gasteiger partial charge in [-0.1, -0.05) is 12.6 Å². The predicted octanol–water partition coefficient (Wildman–Crippen LogP) is 1.86. The molecule has 2 heterocycles. The number of methoxy groups -OCH3 is 1. The zero-order valence-corrected chi connectivity index (χ0v) is 15.7. The lowest BCUT2D eigenvalue weighted by atomic mass is 9.78. The molecule has 0 radical (unpaired) electrons. The van der Waals surface area contributed by atoms with Crippen LogP contribution in [0.3, 0.4) is 0 Å². The van der Waals surface area contributed by atoms with Crippen molar-refractivity contribution in [2.75, 3.05) is 7.11 Å². The summed E-state index contributed by atoms with van der Waals surface area (Å²) in [6, 6.07) is 5.75. The summed E-state index contributed by atoms with van der Waals surface area (Å²) in [4.78, 5) is 4.41. The van der Waals surface area contributed by atoms with Crippen molar-refractivity contribution in [1.82, 2.24) is 4.98 Å². The maximum absolute atomic E-state index is 6.13. The van der Waals surface area contributed by atoms with Crippen LogP contribution in [-0.4, -0.2) is 30.4 Å². The zero-order valence-electron chi connectivity index (χ0n) is 15.7. The molecule has 0 spiro atoms. The molecule has 1 aromatic carbocycles. The Bertz CT molecular complexity index is 885. The molecule has 0 aliphatic carbocycles.